The second-order valence-corrected chi connectivity index (χ2v) is 5.47. The van der Waals surface area contributed by atoms with Crippen molar-refractivity contribution in [1.29, 1.82) is 0 Å². The van der Waals surface area contributed by atoms with Gasteiger partial charge in [0.15, 0.2) is 5.76 Å². The molecule has 0 fully saturated rings. The van der Waals surface area contributed by atoms with E-state index in [0.717, 1.165) is 35.6 Å². The summed E-state index contributed by atoms with van der Waals surface area (Å²) >= 11 is 0. The van der Waals surface area contributed by atoms with E-state index >= 15 is 0 Å². The molecule has 1 N–H and O–H groups in total. The van der Waals surface area contributed by atoms with Crippen LogP contribution >= 0.6 is 0 Å². The topological polar surface area (TPSA) is 86.1 Å². The summed E-state index contributed by atoms with van der Waals surface area (Å²) in [7, 11) is 0. The molecule has 1 aromatic carbocycles. The van der Waals surface area contributed by atoms with E-state index in [0.29, 0.717) is 11.4 Å². The van der Waals surface area contributed by atoms with Gasteiger partial charge in [-0.2, -0.15) is 5.10 Å². The van der Waals surface area contributed by atoms with Crippen LogP contribution in [0.15, 0.2) is 41.0 Å². The molecule has 2 aromatic heterocycles. The highest BCUT2D eigenvalue weighted by Gasteiger charge is 2.26. The third-order valence-electron chi connectivity index (χ3n) is 4.04. The molecule has 7 nitrogen and oxygen atoms in total. The number of nitrogens with zero attached hydrogens (tertiary/aromatic N) is 3. The number of rotatable bonds is 3. The van der Waals surface area contributed by atoms with Crippen molar-refractivity contribution in [2.24, 2.45) is 0 Å². The van der Waals surface area contributed by atoms with Crippen molar-refractivity contribution in [2.45, 2.75) is 13.3 Å². The van der Waals surface area contributed by atoms with Crippen molar-refractivity contribution >= 4 is 11.5 Å². The molecule has 7 heteroatoms. The van der Waals surface area contributed by atoms with Gasteiger partial charge in [0.1, 0.15) is 11.5 Å². The molecule has 1 aliphatic heterocycles. The Hall–Kier alpha value is -3.09. The maximum Gasteiger partial charge on any atom is 0.271 e. The maximum atomic E-state index is 11.1. The molecule has 3 aromatic rings. The van der Waals surface area contributed by atoms with Gasteiger partial charge >= 0.3 is 0 Å². The summed E-state index contributed by atoms with van der Waals surface area (Å²) in [5.74, 6) is 1.58. The Bertz CT molecular complexity index is 896. The van der Waals surface area contributed by atoms with E-state index in [2.05, 4.69) is 10.4 Å². The van der Waals surface area contributed by atoms with Gasteiger partial charge in [0, 0.05) is 24.2 Å². The summed E-state index contributed by atoms with van der Waals surface area (Å²) in [6.45, 7) is 2.73. The monoisotopic (exact) mass is 310 g/mol. The van der Waals surface area contributed by atoms with Gasteiger partial charge in [-0.1, -0.05) is 6.07 Å². The summed E-state index contributed by atoms with van der Waals surface area (Å²) < 4.78 is 7.21. The number of furan rings is 1. The molecule has 0 amide bonds. The van der Waals surface area contributed by atoms with Crippen LogP contribution in [-0.2, 0) is 6.42 Å². The predicted molar refractivity (Wildman–Crippen MR) is 84.9 cm³/mol. The number of anilines is 1. The summed E-state index contributed by atoms with van der Waals surface area (Å²) in [6.07, 6.45) is 2.46. The van der Waals surface area contributed by atoms with Crippen molar-refractivity contribution in [1.82, 2.24) is 9.78 Å². The smallest absolute Gasteiger partial charge is 0.271 e. The molecule has 0 spiro atoms. The Morgan fingerprint density at radius 1 is 1.39 bits per heavy atom. The highest BCUT2D eigenvalue weighted by atomic mass is 16.6. The Kier molecular flexibility index (Phi) is 2.94. The zero-order chi connectivity index (χ0) is 16.0. The van der Waals surface area contributed by atoms with Crippen molar-refractivity contribution in [3.05, 3.63) is 57.8 Å². The Morgan fingerprint density at radius 3 is 3.00 bits per heavy atom. The van der Waals surface area contributed by atoms with Crippen molar-refractivity contribution in [2.75, 3.05) is 11.9 Å². The maximum absolute atomic E-state index is 11.1. The van der Waals surface area contributed by atoms with Gasteiger partial charge in [-0.05, 0) is 31.0 Å². The van der Waals surface area contributed by atoms with Gasteiger partial charge in [0.05, 0.1) is 16.9 Å². The third-order valence-corrected chi connectivity index (χ3v) is 4.04. The Morgan fingerprint density at radius 2 is 2.26 bits per heavy atom. The van der Waals surface area contributed by atoms with E-state index in [1.807, 2.05) is 19.1 Å². The largest absolute Gasteiger partial charge is 0.463 e. The fourth-order valence-corrected chi connectivity index (χ4v) is 2.90. The van der Waals surface area contributed by atoms with E-state index in [1.165, 1.54) is 6.07 Å². The standard InChI is InChI=1S/C16H14N4O3/c1-10-4-5-11(20(21)22)9-13(10)19-16-12(6-7-17-16)15(18-19)14-3-2-8-23-14/h2-5,8-9,17H,6-7H2,1H3. The lowest BCUT2D eigenvalue weighted by Gasteiger charge is -2.09. The number of hydrogen-bond donors (Lipinski definition) is 1. The molecule has 0 saturated heterocycles. The highest BCUT2D eigenvalue weighted by Crippen LogP contribution is 2.36. The van der Waals surface area contributed by atoms with Gasteiger partial charge in [-0.3, -0.25) is 10.1 Å². The number of aryl methyl sites for hydroxylation is 1. The minimum absolute atomic E-state index is 0.0485. The predicted octanol–water partition coefficient (Wildman–Crippen LogP) is 3.32. The van der Waals surface area contributed by atoms with Crippen LogP contribution in [0.25, 0.3) is 17.1 Å². The van der Waals surface area contributed by atoms with E-state index in [9.17, 15) is 10.1 Å². The lowest BCUT2D eigenvalue weighted by atomic mass is 10.1. The number of nitro benzene ring substituents is 1. The van der Waals surface area contributed by atoms with Gasteiger partial charge in [0.2, 0.25) is 0 Å². The van der Waals surface area contributed by atoms with E-state index in [1.54, 1.807) is 23.1 Å². The molecule has 0 bridgehead atoms. The SMILES string of the molecule is Cc1ccc([N+](=O)[O-])cc1-n1nc(-c2ccco2)c2c1NCC2. The van der Waals surface area contributed by atoms with Gasteiger partial charge in [-0.25, -0.2) is 4.68 Å². The van der Waals surface area contributed by atoms with Crippen molar-refractivity contribution in [3.8, 4) is 17.1 Å². The molecule has 0 atom stereocenters. The second-order valence-electron chi connectivity index (χ2n) is 5.47. The van der Waals surface area contributed by atoms with Crippen LogP contribution in [0.4, 0.5) is 11.5 Å². The first kappa shape index (κ1) is 13.6. The van der Waals surface area contributed by atoms with Gasteiger partial charge < -0.3 is 9.73 Å². The average molecular weight is 310 g/mol. The summed E-state index contributed by atoms with van der Waals surface area (Å²) in [6, 6.07) is 8.48. The average Bonchev–Trinajstić information content (AvgIpc) is 3.25. The first-order valence-electron chi connectivity index (χ1n) is 7.30. The van der Waals surface area contributed by atoms with Gasteiger partial charge in [-0.15, -0.1) is 0 Å². The second kappa shape index (κ2) is 4.98. The molecule has 1 aliphatic rings. The molecule has 116 valence electrons. The molecule has 23 heavy (non-hydrogen) atoms. The molecule has 4 rings (SSSR count). The van der Waals surface area contributed by atoms with Crippen LogP contribution in [0, 0.1) is 17.0 Å². The Balaban J connectivity index is 1.92. The molecule has 0 saturated carbocycles. The normalized spacial score (nSPS) is 12.9. The number of aromatic nitrogens is 2. The first-order chi connectivity index (χ1) is 11.1. The first-order valence-corrected chi connectivity index (χ1v) is 7.30. The van der Waals surface area contributed by atoms with Crippen LogP contribution in [0.2, 0.25) is 0 Å². The van der Waals surface area contributed by atoms with Gasteiger partial charge in [0.25, 0.3) is 5.69 Å². The van der Waals surface area contributed by atoms with Crippen LogP contribution in [0.5, 0.6) is 0 Å². The number of benzene rings is 1. The fraction of sp³-hybridized carbons (Fsp3) is 0.188. The van der Waals surface area contributed by atoms with Crippen molar-refractivity contribution < 1.29 is 9.34 Å². The number of non-ortho nitro benzene ring substituents is 1. The molecule has 0 aliphatic carbocycles. The minimum Gasteiger partial charge on any atom is -0.463 e. The van der Waals surface area contributed by atoms with Crippen LogP contribution in [0.1, 0.15) is 11.1 Å². The lowest BCUT2D eigenvalue weighted by Crippen LogP contribution is -2.06. The van der Waals surface area contributed by atoms with E-state index in [4.69, 9.17) is 4.42 Å². The zero-order valence-electron chi connectivity index (χ0n) is 12.4. The summed E-state index contributed by atoms with van der Waals surface area (Å²) in [4.78, 5) is 10.7. The summed E-state index contributed by atoms with van der Waals surface area (Å²) in [5.41, 5.74) is 3.52. The molecular formula is C16H14N4O3. The lowest BCUT2D eigenvalue weighted by molar-refractivity contribution is -0.384. The molecular weight excluding hydrogens is 296 g/mol. The fourth-order valence-electron chi connectivity index (χ4n) is 2.90. The Labute approximate surface area is 131 Å². The van der Waals surface area contributed by atoms with E-state index in [-0.39, 0.29) is 5.69 Å². The number of nitrogens with one attached hydrogen (secondary N) is 1. The molecule has 0 radical (unpaired) electrons. The van der Waals surface area contributed by atoms with E-state index < -0.39 is 4.92 Å². The minimum atomic E-state index is -0.395. The number of hydrogen-bond acceptors (Lipinski definition) is 5. The molecule has 0 unspecified atom stereocenters. The quantitative estimate of drug-likeness (QED) is 0.592. The van der Waals surface area contributed by atoms with Crippen molar-refractivity contribution in [3.63, 3.8) is 0 Å². The number of fused-ring (bicyclic) bond motifs is 1. The number of nitro groups is 1. The van der Waals surface area contributed by atoms with Crippen LogP contribution < -0.4 is 5.32 Å². The summed E-state index contributed by atoms with van der Waals surface area (Å²) in [5, 5.41) is 19.0. The van der Waals surface area contributed by atoms with Crippen LogP contribution in [-0.4, -0.2) is 21.2 Å². The highest BCUT2D eigenvalue weighted by molar-refractivity contribution is 5.70. The molecule has 3 heterocycles. The van der Waals surface area contributed by atoms with Crippen LogP contribution in [0.3, 0.4) is 0 Å². The zero-order valence-corrected chi connectivity index (χ0v) is 12.4. The third kappa shape index (κ3) is 2.09.